The third kappa shape index (κ3) is 3.87. The average Bonchev–Trinajstić information content (AvgIpc) is 3.26. The van der Waals surface area contributed by atoms with Gasteiger partial charge in [0.25, 0.3) is 5.91 Å². The first-order valence-electron chi connectivity index (χ1n) is 9.59. The van der Waals surface area contributed by atoms with Crippen LogP contribution in [0.5, 0.6) is 5.75 Å². The molecule has 0 aliphatic carbocycles. The molecule has 0 saturated heterocycles. The number of methoxy groups -OCH3 is 1. The minimum Gasteiger partial charge on any atom is -0.497 e. The molecule has 4 rings (SSSR count). The third-order valence-corrected chi connectivity index (χ3v) is 5.21. The molecule has 6 nitrogen and oxygen atoms in total. The van der Waals surface area contributed by atoms with E-state index in [1.54, 1.807) is 31.4 Å². The second-order valence-corrected chi connectivity index (χ2v) is 6.94. The van der Waals surface area contributed by atoms with Gasteiger partial charge in [-0.15, -0.1) is 0 Å². The van der Waals surface area contributed by atoms with E-state index < -0.39 is 0 Å². The molecular weight excluding hydrogens is 366 g/mol. The number of rotatable bonds is 5. The van der Waals surface area contributed by atoms with Crippen LogP contribution in [0.4, 0.5) is 0 Å². The molecule has 1 aliphatic heterocycles. The number of nitrogens with one attached hydrogen (secondary N) is 1. The summed E-state index contributed by atoms with van der Waals surface area (Å²) in [5.74, 6) is 0.196. The van der Waals surface area contributed by atoms with Crippen molar-refractivity contribution in [1.82, 2.24) is 14.8 Å². The molecular formula is C23H23N3O3. The smallest absolute Gasteiger partial charge is 0.251 e. The third-order valence-electron chi connectivity index (χ3n) is 5.21. The second kappa shape index (κ2) is 8.22. The van der Waals surface area contributed by atoms with Crippen molar-refractivity contribution >= 4 is 11.8 Å². The van der Waals surface area contributed by atoms with Crippen LogP contribution in [0, 0.1) is 0 Å². The number of fused-ring (bicyclic) bond motifs is 1. The van der Waals surface area contributed by atoms with Gasteiger partial charge in [0.1, 0.15) is 5.75 Å². The summed E-state index contributed by atoms with van der Waals surface area (Å²) in [6, 6.07) is 20.7. The van der Waals surface area contributed by atoms with Crippen LogP contribution in [0.15, 0.2) is 72.9 Å². The minimum absolute atomic E-state index is 0.0555. The van der Waals surface area contributed by atoms with E-state index in [2.05, 4.69) is 9.88 Å². The molecule has 148 valence electrons. The van der Waals surface area contributed by atoms with Crippen molar-refractivity contribution in [3.63, 3.8) is 0 Å². The topological polar surface area (TPSA) is 63.6 Å². The number of hydrogen-bond donors (Lipinski definition) is 1. The van der Waals surface area contributed by atoms with E-state index in [9.17, 15) is 9.59 Å². The van der Waals surface area contributed by atoms with Crippen LogP contribution in [-0.4, -0.2) is 41.5 Å². The number of aromatic nitrogens is 1. The van der Waals surface area contributed by atoms with Crippen molar-refractivity contribution in [2.75, 3.05) is 20.2 Å². The summed E-state index contributed by atoms with van der Waals surface area (Å²) in [7, 11) is 1.55. The number of carbonyl (C=O) groups excluding carboxylic acids is 2. The van der Waals surface area contributed by atoms with Gasteiger partial charge in [0.15, 0.2) is 0 Å². The standard InChI is InChI=1S/C23H23N3O3/c1-29-19-10-5-9-18(15-19)23(28)24-16-21(27)26-14-13-25-12-6-11-20(25)22(26)17-7-3-2-4-8-17/h2-12,15,22H,13-14,16H2,1H3,(H,24,28). The van der Waals surface area contributed by atoms with E-state index in [-0.39, 0.29) is 24.4 Å². The van der Waals surface area contributed by atoms with Crippen molar-refractivity contribution in [1.29, 1.82) is 0 Å². The highest BCUT2D eigenvalue weighted by atomic mass is 16.5. The van der Waals surface area contributed by atoms with Gasteiger partial charge >= 0.3 is 0 Å². The fourth-order valence-corrected chi connectivity index (χ4v) is 3.76. The Bertz CT molecular complexity index is 1010. The van der Waals surface area contributed by atoms with Crippen LogP contribution < -0.4 is 10.1 Å². The Kier molecular flexibility index (Phi) is 5.33. The molecule has 2 heterocycles. The highest BCUT2D eigenvalue weighted by Gasteiger charge is 2.31. The summed E-state index contributed by atoms with van der Waals surface area (Å²) < 4.78 is 7.33. The zero-order valence-electron chi connectivity index (χ0n) is 16.2. The van der Waals surface area contributed by atoms with Crippen molar-refractivity contribution < 1.29 is 14.3 Å². The highest BCUT2D eigenvalue weighted by molar-refractivity contribution is 5.96. The Morgan fingerprint density at radius 3 is 2.66 bits per heavy atom. The van der Waals surface area contributed by atoms with Gasteiger partial charge in [-0.2, -0.15) is 0 Å². The van der Waals surface area contributed by atoms with Gasteiger partial charge in [0.2, 0.25) is 5.91 Å². The summed E-state index contributed by atoms with van der Waals surface area (Å²) in [4.78, 5) is 27.4. The van der Waals surface area contributed by atoms with Gasteiger partial charge in [-0.3, -0.25) is 9.59 Å². The lowest BCUT2D eigenvalue weighted by molar-refractivity contribution is -0.132. The van der Waals surface area contributed by atoms with Gasteiger partial charge in [-0.1, -0.05) is 36.4 Å². The molecule has 0 bridgehead atoms. The van der Waals surface area contributed by atoms with E-state index in [1.165, 1.54) is 0 Å². The van der Waals surface area contributed by atoms with Gasteiger partial charge in [-0.05, 0) is 35.9 Å². The Hall–Kier alpha value is -3.54. The molecule has 1 aromatic heterocycles. The van der Waals surface area contributed by atoms with Crippen molar-refractivity contribution in [2.24, 2.45) is 0 Å². The number of nitrogens with zero attached hydrogens (tertiary/aromatic N) is 2. The number of ether oxygens (including phenoxy) is 1. The molecule has 2 amide bonds. The van der Waals surface area contributed by atoms with Gasteiger partial charge < -0.3 is 19.5 Å². The summed E-state index contributed by atoms with van der Waals surface area (Å²) >= 11 is 0. The zero-order chi connectivity index (χ0) is 20.2. The predicted octanol–water partition coefficient (Wildman–Crippen LogP) is 2.86. The maximum atomic E-state index is 13.0. The van der Waals surface area contributed by atoms with E-state index in [4.69, 9.17) is 4.74 Å². The monoisotopic (exact) mass is 389 g/mol. The molecule has 29 heavy (non-hydrogen) atoms. The van der Waals surface area contributed by atoms with Crippen molar-refractivity contribution in [3.05, 3.63) is 89.7 Å². The van der Waals surface area contributed by atoms with Gasteiger partial charge in [-0.25, -0.2) is 0 Å². The number of benzene rings is 2. The molecule has 0 fully saturated rings. The zero-order valence-corrected chi connectivity index (χ0v) is 16.2. The first kappa shape index (κ1) is 18.8. The van der Waals surface area contributed by atoms with Crippen molar-refractivity contribution in [2.45, 2.75) is 12.6 Å². The molecule has 1 aliphatic rings. The molecule has 2 aromatic carbocycles. The number of hydrogen-bond acceptors (Lipinski definition) is 3. The van der Waals surface area contributed by atoms with Crippen LogP contribution in [-0.2, 0) is 11.3 Å². The number of carbonyl (C=O) groups is 2. The lowest BCUT2D eigenvalue weighted by Crippen LogP contribution is -2.46. The Morgan fingerprint density at radius 1 is 1.03 bits per heavy atom. The van der Waals surface area contributed by atoms with Crippen LogP contribution in [0.3, 0.4) is 0 Å². The molecule has 1 N–H and O–H groups in total. The predicted molar refractivity (Wildman–Crippen MR) is 110 cm³/mol. The van der Waals surface area contributed by atoms with Crippen LogP contribution >= 0.6 is 0 Å². The minimum atomic E-state index is -0.297. The normalized spacial score (nSPS) is 15.5. The van der Waals surface area contributed by atoms with E-state index in [1.807, 2.05) is 53.6 Å². The van der Waals surface area contributed by atoms with Crippen LogP contribution in [0.25, 0.3) is 0 Å². The molecule has 0 saturated carbocycles. The fourth-order valence-electron chi connectivity index (χ4n) is 3.76. The molecule has 1 unspecified atom stereocenters. The Labute approximate surface area is 169 Å². The highest BCUT2D eigenvalue weighted by Crippen LogP contribution is 2.32. The van der Waals surface area contributed by atoms with Gasteiger partial charge in [0, 0.05) is 30.5 Å². The van der Waals surface area contributed by atoms with E-state index >= 15 is 0 Å². The van der Waals surface area contributed by atoms with Gasteiger partial charge in [0.05, 0.1) is 19.7 Å². The molecule has 0 spiro atoms. The summed E-state index contributed by atoms with van der Waals surface area (Å²) in [5, 5.41) is 2.74. The first-order valence-corrected chi connectivity index (χ1v) is 9.59. The molecule has 1 atom stereocenters. The Morgan fingerprint density at radius 2 is 1.86 bits per heavy atom. The van der Waals surface area contributed by atoms with Crippen LogP contribution in [0.2, 0.25) is 0 Å². The Balaban J connectivity index is 1.50. The van der Waals surface area contributed by atoms with E-state index in [0.717, 1.165) is 17.8 Å². The SMILES string of the molecule is COc1cccc(C(=O)NCC(=O)N2CCn3cccc3C2c2ccccc2)c1. The molecule has 6 heteroatoms. The first-order chi connectivity index (χ1) is 14.2. The van der Waals surface area contributed by atoms with E-state index in [0.29, 0.717) is 17.9 Å². The molecule has 0 radical (unpaired) electrons. The van der Waals surface area contributed by atoms with Crippen LogP contribution in [0.1, 0.15) is 27.7 Å². The maximum Gasteiger partial charge on any atom is 0.251 e. The average molecular weight is 389 g/mol. The summed E-state index contributed by atoms with van der Waals surface area (Å²) in [6.45, 7) is 1.27. The molecule has 3 aromatic rings. The summed E-state index contributed by atoms with van der Waals surface area (Å²) in [6.07, 6.45) is 2.04. The second-order valence-electron chi connectivity index (χ2n) is 6.94. The lowest BCUT2D eigenvalue weighted by atomic mass is 10.00. The van der Waals surface area contributed by atoms with Crippen molar-refractivity contribution in [3.8, 4) is 5.75 Å². The number of amides is 2. The maximum absolute atomic E-state index is 13.0. The largest absolute Gasteiger partial charge is 0.497 e. The fraction of sp³-hybridized carbons (Fsp3) is 0.217. The quantitative estimate of drug-likeness (QED) is 0.730. The lowest BCUT2D eigenvalue weighted by Gasteiger charge is -2.37. The summed E-state index contributed by atoms with van der Waals surface area (Å²) in [5.41, 5.74) is 2.60.